The van der Waals surface area contributed by atoms with Gasteiger partial charge in [0.15, 0.2) is 5.16 Å². The Kier molecular flexibility index (Phi) is 5.65. The van der Waals surface area contributed by atoms with E-state index in [1.807, 2.05) is 4.57 Å². The van der Waals surface area contributed by atoms with E-state index in [4.69, 9.17) is 10.8 Å². The highest BCUT2D eigenvalue weighted by Crippen LogP contribution is 2.41. The molecule has 1 aromatic heterocycles. The molecular weight excluding hydrogens is 368 g/mol. The second-order valence-electron chi connectivity index (χ2n) is 5.67. The average Bonchev–Trinajstić information content (AvgIpc) is 3.14. The van der Waals surface area contributed by atoms with E-state index in [2.05, 4.69) is 4.98 Å². The zero-order valence-electron chi connectivity index (χ0n) is 13.2. The van der Waals surface area contributed by atoms with E-state index in [1.54, 1.807) is 6.20 Å². The number of carboxylic acid groups (broad SMARTS) is 1. The van der Waals surface area contributed by atoms with Crippen LogP contribution < -0.4 is 5.73 Å². The van der Waals surface area contributed by atoms with E-state index >= 15 is 0 Å². The molecule has 1 aliphatic rings. The Balaban J connectivity index is 1.88. The smallest absolute Gasteiger partial charge is 0.304 e. The number of carbonyl (C=O) groups is 1. The number of hydrogen-bond donors (Lipinski definition) is 2. The van der Waals surface area contributed by atoms with Crippen molar-refractivity contribution in [2.75, 3.05) is 5.75 Å². The maximum atomic E-state index is 14.0. The monoisotopic (exact) mass is 385 g/mol. The van der Waals surface area contributed by atoms with E-state index in [9.17, 15) is 13.6 Å². The molecule has 1 atom stereocenters. The Morgan fingerprint density at radius 2 is 2.24 bits per heavy atom. The maximum absolute atomic E-state index is 14.0. The second kappa shape index (κ2) is 7.76. The number of aromatic nitrogens is 2. The summed E-state index contributed by atoms with van der Waals surface area (Å²) < 4.78 is 29.6. The number of fused-ring (bicyclic) bond motifs is 1. The van der Waals surface area contributed by atoms with Gasteiger partial charge < -0.3 is 15.4 Å². The molecule has 0 fully saturated rings. The van der Waals surface area contributed by atoms with Crippen molar-refractivity contribution in [3.8, 4) is 0 Å². The molecule has 25 heavy (non-hydrogen) atoms. The quantitative estimate of drug-likeness (QED) is 0.562. The number of benzene rings is 1. The molecule has 1 aromatic carbocycles. The van der Waals surface area contributed by atoms with Gasteiger partial charge in [0, 0.05) is 18.4 Å². The fourth-order valence-electron chi connectivity index (χ4n) is 3.04. The summed E-state index contributed by atoms with van der Waals surface area (Å²) in [5.74, 6) is -1.52. The molecule has 5 nitrogen and oxygen atoms in total. The normalized spacial score (nSPS) is 16.2. The Labute approximate surface area is 151 Å². The van der Waals surface area contributed by atoms with Crippen molar-refractivity contribution in [1.82, 2.24) is 9.55 Å². The van der Waals surface area contributed by atoms with Gasteiger partial charge >= 0.3 is 5.97 Å². The first-order chi connectivity index (χ1) is 12.0. The Morgan fingerprint density at radius 3 is 2.96 bits per heavy atom. The van der Waals surface area contributed by atoms with Crippen molar-refractivity contribution in [2.45, 2.75) is 37.0 Å². The summed E-state index contributed by atoms with van der Waals surface area (Å²) in [6.07, 6.45) is 2.90. The minimum atomic E-state index is -0.852. The number of imidazole rings is 1. The topological polar surface area (TPSA) is 81.1 Å². The molecule has 0 saturated carbocycles. The molecule has 2 aromatic rings. The van der Waals surface area contributed by atoms with Crippen molar-refractivity contribution < 1.29 is 18.7 Å². The van der Waals surface area contributed by atoms with Crippen LogP contribution >= 0.6 is 21.6 Å². The highest BCUT2D eigenvalue weighted by molar-refractivity contribution is 8.76. The largest absolute Gasteiger partial charge is 0.481 e. The number of halogens is 2. The summed E-state index contributed by atoms with van der Waals surface area (Å²) in [5.41, 5.74) is 7.75. The summed E-state index contributed by atoms with van der Waals surface area (Å²) in [6.45, 7) is 0.261. The fraction of sp³-hybridized carbons (Fsp3) is 0.375. The third-order valence-electron chi connectivity index (χ3n) is 4.11. The molecule has 0 spiro atoms. The first-order valence-corrected chi connectivity index (χ1v) is 10.1. The number of carboxylic acids is 1. The van der Waals surface area contributed by atoms with Crippen molar-refractivity contribution >= 4 is 27.6 Å². The predicted octanol–water partition coefficient (Wildman–Crippen LogP) is 3.37. The van der Waals surface area contributed by atoms with Crippen molar-refractivity contribution in [1.29, 1.82) is 0 Å². The predicted molar refractivity (Wildman–Crippen MR) is 93.5 cm³/mol. The van der Waals surface area contributed by atoms with Crippen LogP contribution in [0.25, 0.3) is 0 Å². The van der Waals surface area contributed by atoms with Crippen LogP contribution in [0.15, 0.2) is 23.5 Å². The van der Waals surface area contributed by atoms with Gasteiger partial charge in [0.1, 0.15) is 11.6 Å². The third-order valence-corrected chi connectivity index (χ3v) is 6.36. The van der Waals surface area contributed by atoms with E-state index < -0.39 is 17.6 Å². The van der Waals surface area contributed by atoms with Gasteiger partial charge in [0.2, 0.25) is 0 Å². The summed E-state index contributed by atoms with van der Waals surface area (Å²) >= 11 is 0. The van der Waals surface area contributed by atoms with E-state index in [0.29, 0.717) is 34.9 Å². The molecule has 9 heteroatoms. The number of nitrogens with two attached hydrogens (primary N) is 1. The standard InChI is InChI=1S/C16H17F2N3O2S2/c17-9-5-12-11(13(18)6-9)1-2-14(12)21-10(7-19)8-20-16(21)25-24-4-3-15(22)23/h5-6,8,14H,1-4,7,19H2,(H,22,23). The summed E-state index contributed by atoms with van der Waals surface area (Å²) in [5, 5.41) is 9.38. The molecule has 134 valence electrons. The van der Waals surface area contributed by atoms with Gasteiger partial charge in [0.05, 0.1) is 24.4 Å². The van der Waals surface area contributed by atoms with Crippen molar-refractivity contribution in [3.63, 3.8) is 0 Å². The molecule has 1 heterocycles. The lowest BCUT2D eigenvalue weighted by molar-refractivity contribution is -0.136. The Hall–Kier alpha value is -1.58. The maximum Gasteiger partial charge on any atom is 0.304 e. The summed E-state index contributed by atoms with van der Waals surface area (Å²) in [7, 11) is 2.74. The summed E-state index contributed by atoms with van der Waals surface area (Å²) in [4.78, 5) is 15.0. The van der Waals surface area contributed by atoms with Gasteiger partial charge in [-0.1, -0.05) is 10.8 Å². The SMILES string of the molecule is NCc1cnc(SSCCC(=O)O)n1C1CCc2c(F)cc(F)cc21. The highest BCUT2D eigenvalue weighted by Gasteiger charge is 2.30. The third kappa shape index (κ3) is 3.83. The molecule has 0 bridgehead atoms. The minimum absolute atomic E-state index is 0.0603. The number of rotatable bonds is 7. The van der Waals surface area contributed by atoms with Crippen LogP contribution in [0.1, 0.15) is 35.7 Å². The molecule has 3 N–H and O–H groups in total. The lowest BCUT2D eigenvalue weighted by atomic mass is 10.1. The number of hydrogen-bond acceptors (Lipinski definition) is 5. The fourth-order valence-corrected chi connectivity index (χ4v) is 5.09. The van der Waals surface area contributed by atoms with Crippen molar-refractivity contribution in [3.05, 3.63) is 46.8 Å². The van der Waals surface area contributed by atoms with Crippen molar-refractivity contribution in [2.24, 2.45) is 5.73 Å². The highest BCUT2D eigenvalue weighted by atomic mass is 33.1. The zero-order valence-corrected chi connectivity index (χ0v) is 14.9. The molecule has 3 rings (SSSR count). The van der Waals surface area contributed by atoms with Crippen LogP contribution in [-0.2, 0) is 17.8 Å². The molecule has 1 aliphatic carbocycles. The molecule has 0 saturated heterocycles. The molecule has 1 unspecified atom stereocenters. The average molecular weight is 385 g/mol. The minimum Gasteiger partial charge on any atom is -0.481 e. The van der Waals surface area contributed by atoms with Gasteiger partial charge in [-0.15, -0.1) is 0 Å². The van der Waals surface area contributed by atoms with E-state index in [-0.39, 0.29) is 19.0 Å². The van der Waals surface area contributed by atoms with Gasteiger partial charge in [-0.2, -0.15) is 0 Å². The molecule has 0 radical (unpaired) electrons. The van der Waals surface area contributed by atoms with E-state index in [0.717, 1.165) is 11.8 Å². The van der Waals surface area contributed by atoms with Crippen LogP contribution in [0.5, 0.6) is 0 Å². The first kappa shape index (κ1) is 18.2. The van der Waals surface area contributed by atoms with Crippen LogP contribution in [0.4, 0.5) is 8.78 Å². The molecular formula is C16H17F2N3O2S2. The Morgan fingerprint density at radius 1 is 1.44 bits per heavy atom. The van der Waals surface area contributed by atoms with E-state index in [1.165, 1.54) is 27.7 Å². The number of nitrogens with zero attached hydrogens (tertiary/aromatic N) is 2. The lowest BCUT2D eigenvalue weighted by Crippen LogP contribution is -2.14. The molecule has 0 aliphatic heterocycles. The summed E-state index contributed by atoms with van der Waals surface area (Å²) in [6, 6.07) is 2.07. The first-order valence-electron chi connectivity index (χ1n) is 7.76. The van der Waals surface area contributed by atoms with Gasteiger partial charge in [-0.25, -0.2) is 13.8 Å². The van der Waals surface area contributed by atoms with Crippen LogP contribution in [-0.4, -0.2) is 26.4 Å². The lowest BCUT2D eigenvalue weighted by Gasteiger charge is -2.19. The Bertz CT molecular complexity index is 798. The van der Waals surface area contributed by atoms with Gasteiger partial charge in [-0.3, -0.25) is 4.79 Å². The zero-order chi connectivity index (χ0) is 18.0. The van der Waals surface area contributed by atoms with Gasteiger partial charge in [-0.05, 0) is 40.8 Å². The number of aliphatic carboxylic acids is 1. The molecule has 0 amide bonds. The van der Waals surface area contributed by atoms with Crippen LogP contribution in [0.2, 0.25) is 0 Å². The van der Waals surface area contributed by atoms with Gasteiger partial charge in [0.25, 0.3) is 0 Å². The van der Waals surface area contributed by atoms with Crippen LogP contribution in [0.3, 0.4) is 0 Å². The second-order valence-corrected chi connectivity index (χ2v) is 8.05. The van der Waals surface area contributed by atoms with Crippen LogP contribution in [0, 0.1) is 11.6 Å².